The molecule has 0 aromatic carbocycles. The topological polar surface area (TPSA) is 21.3 Å². The summed E-state index contributed by atoms with van der Waals surface area (Å²) in [6.07, 6.45) is 5.86. The van der Waals surface area contributed by atoms with Crippen molar-refractivity contribution in [3.8, 4) is 0 Å². The Balaban J connectivity index is 1.72. The van der Waals surface area contributed by atoms with Crippen LogP contribution in [-0.4, -0.2) is 25.3 Å². The zero-order chi connectivity index (χ0) is 11.5. The van der Waals surface area contributed by atoms with Gasteiger partial charge in [0.15, 0.2) is 0 Å². The van der Waals surface area contributed by atoms with Crippen LogP contribution >= 0.6 is 0 Å². The van der Waals surface area contributed by atoms with Crippen molar-refractivity contribution in [1.82, 2.24) is 5.32 Å². The Morgan fingerprint density at radius 1 is 1.06 bits per heavy atom. The molecule has 4 atom stereocenters. The van der Waals surface area contributed by atoms with Gasteiger partial charge in [0.1, 0.15) is 0 Å². The van der Waals surface area contributed by atoms with Crippen molar-refractivity contribution < 1.29 is 4.74 Å². The van der Waals surface area contributed by atoms with Gasteiger partial charge in [-0.3, -0.25) is 0 Å². The first-order chi connectivity index (χ1) is 7.65. The van der Waals surface area contributed by atoms with Crippen LogP contribution in [0.15, 0.2) is 0 Å². The zero-order valence-corrected chi connectivity index (χ0v) is 11.0. The van der Waals surface area contributed by atoms with E-state index in [0.717, 1.165) is 36.9 Å². The summed E-state index contributed by atoms with van der Waals surface area (Å²) >= 11 is 0. The lowest BCUT2D eigenvalue weighted by atomic mass is 9.80. The molecule has 2 heteroatoms. The zero-order valence-electron chi connectivity index (χ0n) is 11.0. The number of nitrogens with one attached hydrogen (secondary N) is 1. The molecule has 2 aliphatic rings. The minimum atomic E-state index is 0.464. The van der Waals surface area contributed by atoms with Gasteiger partial charge in [0.2, 0.25) is 0 Å². The normalized spacial score (nSPS) is 44.8. The van der Waals surface area contributed by atoms with Crippen molar-refractivity contribution >= 4 is 0 Å². The van der Waals surface area contributed by atoms with Crippen LogP contribution in [0, 0.1) is 17.8 Å². The van der Waals surface area contributed by atoms with Crippen LogP contribution in [0.25, 0.3) is 0 Å². The van der Waals surface area contributed by atoms with Crippen LogP contribution < -0.4 is 5.32 Å². The largest absolute Gasteiger partial charge is 0.378 e. The second-order valence-corrected chi connectivity index (χ2v) is 6.15. The second-order valence-electron chi connectivity index (χ2n) is 6.15. The first-order valence-corrected chi connectivity index (χ1v) is 7.00. The van der Waals surface area contributed by atoms with E-state index in [-0.39, 0.29) is 0 Å². The van der Waals surface area contributed by atoms with E-state index in [2.05, 4.69) is 26.1 Å². The molecule has 0 aromatic rings. The Kier molecular flexibility index (Phi) is 4.26. The first-order valence-electron chi connectivity index (χ1n) is 7.00. The molecule has 4 unspecified atom stereocenters. The number of hydrogen-bond acceptors (Lipinski definition) is 2. The van der Waals surface area contributed by atoms with Crippen molar-refractivity contribution in [2.75, 3.05) is 13.2 Å². The smallest absolute Gasteiger partial charge is 0.0588 e. The van der Waals surface area contributed by atoms with Crippen LogP contribution in [0.2, 0.25) is 0 Å². The van der Waals surface area contributed by atoms with Gasteiger partial charge in [0, 0.05) is 19.2 Å². The van der Waals surface area contributed by atoms with Crippen molar-refractivity contribution in [3.05, 3.63) is 0 Å². The molecule has 1 aliphatic heterocycles. The van der Waals surface area contributed by atoms with Gasteiger partial charge in [0.25, 0.3) is 0 Å². The van der Waals surface area contributed by atoms with E-state index in [1.807, 2.05) is 0 Å². The third kappa shape index (κ3) is 3.21. The van der Waals surface area contributed by atoms with Crippen molar-refractivity contribution in [2.45, 2.75) is 58.6 Å². The quantitative estimate of drug-likeness (QED) is 0.797. The highest BCUT2D eigenvalue weighted by atomic mass is 16.5. The average Bonchev–Trinajstić information content (AvgIpc) is 2.59. The maximum Gasteiger partial charge on any atom is 0.0588 e. The molecule has 0 amide bonds. The lowest BCUT2D eigenvalue weighted by molar-refractivity contribution is 0.103. The van der Waals surface area contributed by atoms with E-state index in [0.29, 0.717) is 6.10 Å². The minimum absolute atomic E-state index is 0.464. The van der Waals surface area contributed by atoms with Gasteiger partial charge in [-0.25, -0.2) is 0 Å². The van der Waals surface area contributed by atoms with Gasteiger partial charge in [-0.15, -0.1) is 0 Å². The molecule has 16 heavy (non-hydrogen) atoms. The lowest BCUT2D eigenvalue weighted by Gasteiger charge is -2.33. The third-order valence-corrected chi connectivity index (χ3v) is 4.38. The molecule has 1 saturated heterocycles. The maximum atomic E-state index is 5.61. The molecule has 94 valence electrons. The molecule has 1 saturated carbocycles. The Hall–Kier alpha value is -0.0800. The van der Waals surface area contributed by atoms with E-state index in [1.54, 1.807) is 0 Å². The Morgan fingerprint density at radius 2 is 1.75 bits per heavy atom. The molecular formula is C14H27NO. The Morgan fingerprint density at radius 3 is 2.31 bits per heavy atom. The standard InChI is InChI=1S/C14H27NO/c1-10-6-11(2)8-14(7-10)15-9-13-4-5-16-12(13)3/h10-15H,4-9H2,1-3H3. The molecule has 1 N–H and O–H groups in total. The Labute approximate surface area is 100 Å². The highest BCUT2D eigenvalue weighted by Crippen LogP contribution is 2.29. The molecule has 2 rings (SSSR count). The summed E-state index contributed by atoms with van der Waals surface area (Å²) in [5.41, 5.74) is 0. The predicted molar refractivity (Wildman–Crippen MR) is 67.5 cm³/mol. The van der Waals surface area contributed by atoms with E-state index in [4.69, 9.17) is 4.74 Å². The molecule has 0 spiro atoms. The van der Waals surface area contributed by atoms with Gasteiger partial charge in [-0.2, -0.15) is 0 Å². The molecule has 1 aliphatic carbocycles. The van der Waals surface area contributed by atoms with E-state index >= 15 is 0 Å². The average molecular weight is 225 g/mol. The van der Waals surface area contributed by atoms with Gasteiger partial charge in [0.05, 0.1) is 6.10 Å². The van der Waals surface area contributed by atoms with Gasteiger partial charge in [-0.1, -0.05) is 13.8 Å². The predicted octanol–water partition coefficient (Wildman–Crippen LogP) is 2.83. The van der Waals surface area contributed by atoms with Crippen LogP contribution in [-0.2, 0) is 4.74 Å². The summed E-state index contributed by atoms with van der Waals surface area (Å²) in [6.45, 7) is 9.12. The summed E-state index contributed by atoms with van der Waals surface area (Å²) in [4.78, 5) is 0. The second kappa shape index (κ2) is 5.50. The molecule has 0 aromatic heterocycles. The van der Waals surface area contributed by atoms with Crippen LogP contribution in [0.4, 0.5) is 0 Å². The fourth-order valence-electron chi connectivity index (χ4n) is 3.48. The van der Waals surface area contributed by atoms with E-state index < -0.39 is 0 Å². The monoisotopic (exact) mass is 225 g/mol. The minimum Gasteiger partial charge on any atom is -0.378 e. The molecular weight excluding hydrogens is 198 g/mol. The highest BCUT2D eigenvalue weighted by Gasteiger charge is 2.27. The van der Waals surface area contributed by atoms with Gasteiger partial charge >= 0.3 is 0 Å². The third-order valence-electron chi connectivity index (χ3n) is 4.38. The Bertz CT molecular complexity index is 209. The maximum absolute atomic E-state index is 5.61. The number of hydrogen-bond donors (Lipinski definition) is 1. The first kappa shape index (κ1) is 12.4. The molecule has 0 bridgehead atoms. The SMILES string of the molecule is CC1CC(C)CC(NCC2CCOC2C)C1. The fraction of sp³-hybridized carbons (Fsp3) is 1.00. The number of rotatable bonds is 3. The van der Waals surface area contributed by atoms with Crippen LogP contribution in [0.5, 0.6) is 0 Å². The summed E-state index contributed by atoms with van der Waals surface area (Å²) in [6, 6.07) is 0.756. The van der Waals surface area contributed by atoms with Crippen LogP contribution in [0.3, 0.4) is 0 Å². The van der Waals surface area contributed by atoms with Crippen molar-refractivity contribution in [1.29, 1.82) is 0 Å². The summed E-state index contributed by atoms with van der Waals surface area (Å²) in [7, 11) is 0. The van der Waals surface area contributed by atoms with Crippen LogP contribution in [0.1, 0.15) is 46.5 Å². The van der Waals surface area contributed by atoms with Crippen molar-refractivity contribution in [2.24, 2.45) is 17.8 Å². The van der Waals surface area contributed by atoms with E-state index in [1.165, 1.54) is 25.7 Å². The fourth-order valence-corrected chi connectivity index (χ4v) is 3.48. The number of ether oxygens (including phenoxy) is 1. The van der Waals surface area contributed by atoms with Crippen molar-refractivity contribution in [3.63, 3.8) is 0 Å². The summed E-state index contributed by atoms with van der Waals surface area (Å²) in [5.74, 6) is 2.55. The van der Waals surface area contributed by atoms with Gasteiger partial charge < -0.3 is 10.1 Å². The summed E-state index contributed by atoms with van der Waals surface area (Å²) < 4.78 is 5.61. The lowest BCUT2D eigenvalue weighted by Crippen LogP contribution is -2.40. The molecule has 0 radical (unpaired) electrons. The van der Waals surface area contributed by atoms with Gasteiger partial charge in [-0.05, 0) is 50.4 Å². The highest BCUT2D eigenvalue weighted by molar-refractivity contribution is 4.82. The van der Waals surface area contributed by atoms with E-state index in [9.17, 15) is 0 Å². The molecule has 2 fully saturated rings. The molecule has 1 heterocycles. The molecule has 2 nitrogen and oxygen atoms in total. The summed E-state index contributed by atoms with van der Waals surface area (Å²) in [5, 5.41) is 3.77.